The highest BCUT2D eigenvalue weighted by Gasteiger charge is 2.33. The van der Waals surface area contributed by atoms with E-state index >= 15 is 0 Å². The van der Waals surface area contributed by atoms with E-state index in [0.29, 0.717) is 31.0 Å². The fraction of sp³-hybridized carbons (Fsp3) is 0.619. The Morgan fingerprint density at radius 2 is 1.73 bits per heavy atom. The van der Waals surface area contributed by atoms with Gasteiger partial charge < -0.3 is 14.2 Å². The van der Waals surface area contributed by atoms with E-state index in [0.717, 1.165) is 0 Å². The van der Waals surface area contributed by atoms with Crippen molar-refractivity contribution in [3.05, 3.63) is 41.5 Å². The van der Waals surface area contributed by atoms with Crippen LogP contribution in [0.4, 0.5) is 8.78 Å². The molecule has 0 atom stereocenters. The molecule has 0 radical (unpaired) electrons. The number of ether oxygens (including phenoxy) is 3. The van der Waals surface area contributed by atoms with Crippen molar-refractivity contribution in [2.45, 2.75) is 45.8 Å². The standard InChI is InChI=1S/C21H28F2O3/c1-3-5-14-6-8-15(9-7-14)16-12-25-21(26-13-16)17-10-11-18(24-4-2)20(23)19(17)22/h3,5,10-11,14-16,21H,4,6-9,12-13H2,1-2H3. The van der Waals surface area contributed by atoms with Crippen LogP contribution in [0.3, 0.4) is 0 Å². The van der Waals surface area contributed by atoms with Crippen LogP contribution >= 0.6 is 0 Å². The van der Waals surface area contributed by atoms with Crippen LogP contribution < -0.4 is 4.74 Å². The highest BCUT2D eigenvalue weighted by Crippen LogP contribution is 2.38. The second-order valence-corrected chi connectivity index (χ2v) is 7.17. The molecule has 3 nitrogen and oxygen atoms in total. The molecule has 1 aliphatic heterocycles. The zero-order valence-electron chi connectivity index (χ0n) is 15.5. The van der Waals surface area contributed by atoms with Gasteiger partial charge in [-0.1, -0.05) is 12.2 Å². The average Bonchev–Trinajstić information content (AvgIpc) is 2.67. The van der Waals surface area contributed by atoms with E-state index in [2.05, 4.69) is 19.1 Å². The molecule has 1 aromatic carbocycles. The predicted molar refractivity (Wildman–Crippen MR) is 95.9 cm³/mol. The summed E-state index contributed by atoms with van der Waals surface area (Å²) in [6.45, 7) is 5.13. The summed E-state index contributed by atoms with van der Waals surface area (Å²) in [5.74, 6) is -0.421. The molecule has 1 aromatic rings. The topological polar surface area (TPSA) is 27.7 Å². The zero-order valence-corrected chi connectivity index (χ0v) is 15.5. The highest BCUT2D eigenvalue weighted by atomic mass is 19.2. The van der Waals surface area contributed by atoms with Crippen molar-refractivity contribution in [2.75, 3.05) is 19.8 Å². The van der Waals surface area contributed by atoms with E-state index in [-0.39, 0.29) is 17.9 Å². The molecule has 0 N–H and O–H groups in total. The van der Waals surface area contributed by atoms with Crippen molar-refractivity contribution in [1.82, 2.24) is 0 Å². The van der Waals surface area contributed by atoms with E-state index in [9.17, 15) is 8.78 Å². The quantitative estimate of drug-likeness (QED) is 0.652. The molecular weight excluding hydrogens is 338 g/mol. The summed E-state index contributed by atoms with van der Waals surface area (Å²) in [6.07, 6.45) is 8.32. The van der Waals surface area contributed by atoms with E-state index in [1.165, 1.54) is 37.8 Å². The summed E-state index contributed by atoms with van der Waals surface area (Å²) >= 11 is 0. The maximum absolute atomic E-state index is 14.3. The molecule has 2 fully saturated rings. The predicted octanol–water partition coefficient (Wildman–Crippen LogP) is 5.41. The molecule has 0 unspecified atom stereocenters. The monoisotopic (exact) mass is 366 g/mol. The molecule has 1 heterocycles. The molecule has 3 rings (SSSR count). The molecule has 0 spiro atoms. The van der Waals surface area contributed by atoms with Crippen LogP contribution in [0.5, 0.6) is 5.75 Å². The van der Waals surface area contributed by atoms with Crippen molar-refractivity contribution in [3.63, 3.8) is 0 Å². The van der Waals surface area contributed by atoms with Crippen LogP contribution in [-0.2, 0) is 9.47 Å². The number of allylic oxidation sites excluding steroid dienone is 2. The van der Waals surface area contributed by atoms with E-state index in [1.807, 2.05) is 0 Å². The highest BCUT2D eigenvalue weighted by molar-refractivity contribution is 5.31. The largest absolute Gasteiger partial charge is 0.491 e. The van der Waals surface area contributed by atoms with Gasteiger partial charge in [0.2, 0.25) is 5.82 Å². The van der Waals surface area contributed by atoms with E-state index < -0.39 is 17.9 Å². The van der Waals surface area contributed by atoms with Gasteiger partial charge in [-0.05, 0) is 63.5 Å². The first-order valence-electron chi connectivity index (χ1n) is 9.60. The van der Waals surface area contributed by atoms with Gasteiger partial charge in [0.15, 0.2) is 17.9 Å². The third kappa shape index (κ3) is 4.26. The Labute approximate surface area is 154 Å². The van der Waals surface area contributed by atoms with Crippen molar-refractivity contribution in [3.8, 4) is 5.75 Å². The Morgan fingerprint density at radius 1 is 1.04 bits per heavy atom. The maximum Gasteiger partial charge on any atom is 0.201 e. The van der Waals surface area contributed by atoms with Gasteiger partial charge in [0.05, 0.1) is 19.8 Å². The van der Waals surface area contributed by atoms with Crippen molar-refractivity contribution in [1.29, 1.82) is 0 Å². The second-order valence-electron chi connectivity index (χ2n) is 7.17. The summed E-state index contributed by atoms with van der Waals surface area (Å²) in [7, 11) is 0. The van der Waals surface area contributed by atoms with Gasteiger partial charge in [-0.3, -0.25) is 0 Å². The summed E-state index contributed by atoms with van der Waals surface area (Å²) in [5.41, 5.74) is 0.0983. The summed E-state index contributed by atoms with van der Waals surface area (Å²) in [5, 5.41) is 0. The third-order valence-corrected chi connectivity index (χ3v) is 5.50. The smallest absolute Gasteiger partial charge is 0.201 e. The van der Waals surface area contributed by atoms with Crippen LogP contribution in [0, 0.1) is 29.4 Å². The van der Waals surface area contributed by atoms with E-state index in [1.54, 1.807) is 6.92 Å². The van der Waals surface area contributed by atoms with Gasteiger partial charge in [-0.25, -0.2) is 4.39 Å². The number of benzene rings is 1. The third-order valence-electron chi connectivity index (χ3n) is 5.50. The molecule has 5 heteroatoms. The molecule has 1 aliphatic carbocycles. The molecule has 2 aliphatic rings. The number of hydrogen-bond donors (Lipinski definition) is 0. The molecule has 1 saturated carbocycles. The average molecular weight is 366 g/mol. The van der Waals surface area contributed by atoms with Gasteiger partial charge in [0.1, 0.15) is 0 Å². The lowest BCUT2D eigenvalue weighted by atomic mass is 9.76. The fourth-order valence-electron chi connectivity index (χ4n) is 4.05. The lowest BCUT2D eigenvalue weighted by molar-refractivity contribution is -0.215. The first-order chi connectivity index (χ1) is 12.6. The minimum absolute atomic E-state index is 0.0830. The van der Waals surface area contributed by atoms with Crippen LogP contribution in [0.25, 0.3) is 0 Å². The fourth-order valence-corrected chi connectivity index (χ4v) is 4.05. The zero-order chi connectivity index (χ0) is 18.5. The maximum atomic E-state index is 14.3. The minimum atomic E-state index is -0.985. The second kappa shape index (κ2) is 8.96. The van der Waals surface area contributed by atoms with Crippen LogP contribution in [0.1, 0.15) is 51.4 Å². The summed E-state index contributed by atoms with van der Waals surface area (Å²) < 4.78 is 45.0. The normalized spacial score (nSPS) is 29.8. The Bertz CT molecular complexity index is 616. The SMILES string of the molecule is CC=CC1CCC(C2COC(c3ccc(OCC)c(F)c3F)OC2)CC1. The molecule has 26 heavy (non-hydrogen) atoms. The molecule has 0 bridgehead atoms. The number of rotatable bonds is 5. The summed E-state index contributed by atoms with van der Waals surface area (Å²) in [4.78, 5) is 0. The molecule has 1 saturated heterocycles. The van der Waals surface area contributed by atoms with Crippen LogP contribution in [-0.4, -0.2) is 19.8 Å². The van der Waals surface area contributed by atoms with Gasteiger partial charge in [-0.15, -0.1) is 0 Å². The number of hydrogen-bond acceptors (Lipinski definition) is 3. The number of halogens is 2. The van der Waals surface area contributed by atoms with Gasteiger partial charge >= 0.3 is 0 Å². The van der Waals surface area contributed by atoms with E-state index in [4.69, 9.17) is 14.2 Å². The lowest BCUT2D eigenvalue weighted by Gasteiger charge is -2.37. The Morgan fingerprint density at radius 3 is 2.35 bits per heavy atom. The van der Waals surface area contributed by atoms with Gasteiger partial charge in [0.25, 0.3) is 0 Å². The van der Waals surface area contributed by atoms with Crippen molar-refractivity contribution >= 4 is 0 Å². The van der Waals surface area contributed by atoms with Crippen molar-refractivity contribution < 1.29 is 23.0 Å². The molecule has 0 amide bonds. The van der Waals surface area contributed by atoms with Gasteiger partial charge in [-0.2, -0.15) is 4.39 Å². The minimum Gasteiger partial charge on any atom is -0.491 e. The molecule has 144 valence electrons. The first kappa shape index (κ1) is 19.3. The van der Waals surface area contributed by atoms with Crippen LogP contribution in [0.15, 0.2) is 24.3 Å². The van der Waals surface area contributed by atoms with Crippen molar-refractivity contribution in [2.24, 2.45) is 17.8 Å². The Hall–Kier alpha value is -1.46. The lowest BCUT2D eigenvalue weighted by Crippen LogP contribution is -2.34. The Balaban J connectivity index is 1.57. The Kier molecular flexibility index (Phi) is 6.65. The molecular formula is C21H28F2O3. The van der Waals surface area contributed by atoms with Crippen LogP contribution in [0.2, 0.25) is 0 Å². The first-order valence-corrected chi connectivity index (χ1v) is 9.60. The molecule has 0 aromatic heterocycles. The summed E-state index contributed by atoms with van der Waals surface area (Å²) in [6, 6.07) is 2.91. The van der Waals surface area contributed by atoms with Gasteiger partial charge in [0, 0.05) is 11.5 Å².